The van der Waals surface area contributed by atoms with Crippen LogP contribution >= 0.6 is 0 Å². The molecule has 3 aromatic rings. The Labute approximate surface area is 150 Å². The van der Waals surface area contributed by atoms with Gasteiger partial charge in [-0.15, -0.1) is 10.2 Å². The molecule has 1 N–H and O–H groups in total. The Morgan fingerprint density at radius 3 is 2.77 bits per heavy atom. The van der Waals surface area contributed by atoms with E-state index in [4.69, 9.17) is 4.74 Å². The van der Waals surface area contributed by atoms with E-state index in [2.05, 4.69) is 25.5 Å². The first-order chi connectivity index (χ1) is 12.8. The summed E-state index contributed by atoms with van der Waals surface area (Å²) >= 11 is 0. The minimum atomic E-state index is -0.213. The van der Waals surface area contributed by atoms with Crippen LogP contribution in [0.25, 0.3) is 5.82 Å². The van der Waals surface area contributed by atoms with Crippen LogP contribution in [0.2, 0.25) is 0 Å². The number of ether oxygens (including phenoxy) is 1. The van der Waals surface area contributed by atoms with E-state index in [0.29, 0.717) is 24.7 Å². The Kier molecular flexibility index (Phi) is 4.65. The third-order valence-electron chi connectivity index (χ3n) is 4.41. The maximum atomic E-state index is 12.6. The highest BCUT2D eigenvalue weighted by Gasteiger charge is 2.30. The Balaban J connectivity index is 1.45. The normalized spacial score (nSPS) is 19.4. The molecule has 8 nitrogen and oxygen atoms in total. The summed E-state index contributed by atoms with van der Waals surface area (Å²) < 4.78 is 7.24. The van der Waals surface area contributed by atoms with Crippen molar-refractivity contribution in [2.24, 2.45) is 5.92 Å². The first-order valence-electron chi connectivity index (χ1n) is 8.39. The van der Waals surface area contributed by atoms with Gasteiger partial charge in [0.1, 0.15) is 24.2 Å². The highest BCUT2D eigenvalue weighted by Crippen LogP contribution is 2.19. The summed E-state index contributed by atoms with van der Waals surface area (Å²) in [6, 6.07) is 9.21. The smallest absolute Gasteiger partial charge is 0.270 e. The summed E-state index contributed by atoms with van der Waals surface area (Å²) in [6.45, 7) is 1.13. The van der Waals surface area contributed by atoms with Crippen LogP contribution < -0.4 is 5.32 Å². The fourth-order valence-corrected chi connectivity index (χ4v) is 3.04. The van der Waals surface area contributed by atoms with E-state index < -0.39 is 0 Å². The van der Waals surface area contributed by atoms with E-state index >= 15 is 0 Å². The molecule has 4 heterocycles. The van der Waals surface area contributed by atoms with Crippen LogP contribution in [0.4, 0.5) is 0 Å². The number of carbonyl (C=O) groups is 1. The molecule has 1 saturated heterocycles. The molecule has 0 aromatic carbocycles. The van der Waals surface area contributed by atoms with Gasteiger partial charge in [0, 0.05) is 18.3 Å². The minimum absolute atomic E-state index is 0.0453. The first kappa shape index (κ1) is 16.3. The zero-order chi connectivity index (χ0) is 17.8. The van der Waals surface area contributed by atoms with Gasteiger partial charge in [0.05, 0.1) is 19.3 Å². The van der Waals surface area contributed by atoms with E-state index in [0.717, 1.165) is 6.42 Å². The van der Waals surface area contributed by atoms with Crippen molar-refractivity contribution in [3.63, 3.8) is 0 Å². The fourth-order valence-electron chi connectivity index (χ4n) is 3.04. The highest BCUT2D eigenvalue weighted by atomic mass is 16.5. The van der Waals surface area contributed by atoms with Gasteiger partial charge in [-0.05, 0) is 36.2 Å². The van der Waals surface area contributed by atoms with Crippen LogP contribution in [0, 0.1) is 5.92 Å². The number of hydrogen-bond donors (Lipinski definition) is 1. The maximum Gasteiger partial charge on any atom is 0.270 e. The van der Waals surface area contributed by atoms with E-state index in [1.54, 1.807) is 47.8 Å². The molecule has 0 saturated carbocycles. The lowest BCUT2D eigenvalue weighted by atomic mass is 9.95. The van der Waals surface area contributed by atoms with Gasteiger partial charge in [0.25, 0.3) is 5.91 Å². The van der Waals surface area contributed by atoms with E-state index in [1.807, 2.05) is 12.1 Å². The number of nitrogens with one attached hydrogen (secondary N) is 1. The second kappa shape index (κ2) is 7.40. The van der Waals surface area contributed by atoms with Gasteiger partial charge >= 0.3 is 0 Å². The number of amides is 1. The largest absolute Gasteiger partial charge is 0.379 e. The van der Waals surface area contributed by atoms with Crippen LogP contribution in [-0.2, 0) is 11.2 Å². The van der Waals surface area contributed by atoms with Crippen molar-refractivity contribution in [2.75, 3.05) is 13.2 Å². The molecule has 0 spiro atoms. The van der Waals surface area contributed by atoms with Gasteiger partial charge < -0.3 is 10.1 Å². The van der Waals surface area contributed by atoms with Gasteiger partial charge in [-0.3, -0.25) is 14.3 Å². The van der Waals surface area contributed by atoms with Crippen LogP contribution in [0.5, 0.6) is 0 Å². The topological polar surface area (TPSA) is 94.8 Å². The Morgan fingerprint density at radius 1 is 1.15 bits per heavy atom. The van der Waals surface area contributed by atoms with Gasteiger partial charge in [-0.25, -0.2) is 4.98 Å². The Hall–Kier alpha value is -3.13. The Morgan fingerprint density at radius 2 is 1.96 bits per heavy atom. The predicted molar refractivity (Wildman–Crippen MR) is 92.7 cm³/mol. The van der Waals surface area contributed by atoms with E-state index in [-0.39, 0.29) is 17.9 Å². The summed E-state index contributed by atoms with van der Waals surface area (Å²) in [6.07, 6.45) is 7.47. The molecule has 0 bridgehead atoms. The minimum Gasteiger partial charge on any atom is -0.379 e. The van der Waals surface area contributed by atoms with Gasteiger partial charge in [0.2, 0.25) is 0 Å². The monoisotopic (exact) mass is 350 g/mol. The number of aromatic nitrogens is 5. The summed E-state index contributed by atoms with van der Waals surface area (Å²) in [7, 11) is 0. The number of pyridine rings is 2. The number of nitrogens with zero attached hydrogens (tertiary/aromatic N) is 5. The molecule has 2 atom stereocenters. The van der Waals surface area contributed by atoms with Crippen LogP contribution in [-0.4, -0.2) is 49.9 Å². The third kappa shape index (κ3) is 3.60. The molecule has 1 fully saturated rings. The van der Waals surface area contributed by atoms with Gasteiger partial charge in [0.15, 0.2) is 0 Å². The molecule has 26 heavy (non-hydrogen) atoms. The average molecular weight is 350 g/mol. The summed E-state index contributed by atoms with van der Waals surface area (Å²) in [5.41, 5.74) is 1.54. The molecule has 4 rings (SSSR count). The lowest BCUT2D eigenvalue weighted by Gasteiger charge is -2.19. The van der Waals surface area contributed by atoms with Crippen molar-refractivity contribution in [1.29, 1.82) is 0 Å². The van der Waals surface area contributed by atoms with Gasteiger partial charge in [-0.2, -0.15) is 0 Å². The van der Waals surface area contributed by atoms with Crippen molar-refractivity contribution in [1.82, 2.24) is 30.0 Å². The van der Waals surface area contributed by atoms with Gasteiger partial charge in [-0.1, -0.05) is 6.07 Å². The number of rotatable bonds is 5. The number of carbonyl (C=O) groups excluding carboxylic acids is 1. The first-order valence-corrected chi connectivity index (χ1v) is 8.39. The third-order valence-corrected chi connectivity index (χ3v) is 4.41. The second-order valence-electron chi connectivity index (χ2n) is 6.19. The van der Waals surface area contributed by atoms with Crippen molar-refractivity contribution < 1.29 is 9.53 Å². The maximum absolute atomic E-state index is 12.6. The lowest BCUT2D eigenvalue weighted by Crippen LogP contribution is -2.41. The second-order valence-corrected chi connectivity index (χ2v) is 6.19. The molecular weight excluding hydrogens is 332 g/mol. The molecular formula is C18H18N6O2. The fraction of sp³-hybridized carbons (Fsp3) is 0.278. The lowest BCUT2D eigenvalue weighted by molar-refractivity contribution is 0.0920. The van der Waals surface area contributed by atoms with Crippen LogP contribution in [0.15, 0.2) is 55.4 Å². The molecule has 8 heteroatoms. The summed E-state index contributed by atoms with van der Waals surface area (Å²) in [5.74, 6) is 0.608. The predicted octanol–water partition coefficient (Wildman–Crippen LogP) is 1.04. The number of hydrogen-bond acceptors (Lipinski definition) is 6. The van der Waals surface area contributed by atoms with Crippen molar-refractivity contribution in [2.45, 2.75) is 12.5 Å². The highest BCUT2D eigenvalue weighted by molar-refractivity contribution is 5.92. The van der Waals surface area contributed by atoms with Crippen molar-refractivity contribution in [3.8, 4) is 5.82 Å². The summed E-state index contributed by atoms with van der Waals surface area (Å²) in [4.78, 5) is 21.1. The zero-order valence-corrected chi connectivity index (χ0v) is 14.0. The standard InChI is InChI=1S/C18H18N6O2/c25-18(15-2-1-3-17(22-15)24-11-20-21-12-24)23-16-10-26-9-14(16)8-13-4-6-19-7-5-13/h1-7,11-12,14,16H,8-10H2,(H,23,25)/t14-,16-/m1/s1. The molecule has 0 aliphatic carbocycles. The molecule has 3 aromatic heterocycles. The van der Waals surface area contributed by atoms with Crippen LogP contribution in [0.3, 0.4) is 0 Å². The van der Waals surface area contributed by atoms with Crippen molar-refractivity contribution >= 4 is 5.91 Å². The molecule has 0 unspecified atom stereocenters. The zero-order valence-electron chi connectivity index (χ0n) is 14.0. The Bertz CT molecular complexity index is 868. The average Bonchev–Trinajstić information content (AvgIpc) is 3.35. The molecule has 1 amide bonds. The molecule has 1 aliphatic heterocycles. The molecule has 1 aliphatic rings. The van der Waals surface area contributed by atoms with Crippen LogP contribution in [0.1, 0.15) is 16.1 Å². The summed E-state index contributed by atoms with van der Waals surface area (Å²) in [5, 5.41) is 10.6. The van der Waals surface area contributed by atoms with Crippen molar-refractivity contribution in [3.05, 3.63) is 66.6 Å². The molecule has 0 radical (unpaired) electrons. The SMILES string of the molecule is O=C(N[C@@H]1COC[C@H]1Cc1ccncc1)c1cccc(-n2cnnc2)n1. The van der Waals surface area contributed by atoms with E-state index in [9.17, 15) is 4.79 Å². The molecule has 132 valence electrons. The quantitative estimate of drug-likeness (QED) is 0.739. The van der Waals surface area contributed by atoms with E-state index in [1.165, 1.54) is 5.56 Å².